The van der Waals surface area contributed by atoms with Crippen LogP contribution in [0.5, 0.6) is 0 Å². The number of allylic oxidation sites excluding steroid dienone is 1. The molecule has 0 bridgehead atoms. The minimum Gasteiger partial charge on any atom is -0.342 e. The van der Waals surface area contributed by atoms with E-state index in [1.165, 1.54) is 0 Å². The molecule has 4 nitrogen and oxygen atoms in total. The highest BCUT2D eigenvalue weighted by Crippen LogP contribution is 1.92. The van der Waals surface area contributed by atoms with E-state index in [4.69, 9.17) is 0 Å². The van der Waals surface area contributed by atoms with E-state index in [-0.39, 0.29) is 18.4 Å². The highest BCUT2D eigenvalue weighted by molar-refractivity contribution is 6.02. The molecule has 0 aromatic rings. The number of carbonyl (C=O) groups is 2. The molecule has 0 aliphatic carbocycles. The van der Waals surface area contributed by atoms with E-state index < -0.39 is 0 Å². The average Bonchev–Trinajstić information content (AvgIpc) is 1.94. The van der Waals surface area contributed by atoms with Crippen LogP contribution in [-0.2, 0) is 9.59 Å². The first kappa shape index (κ1) is 6.80. The van der Waals surface area contributed by atoms with Gasteiger partial charge in [0.1, 0.15) is 5.70 Å². The molecule has 0 saturated carbocycles. The van der Waals surface area contributed by atoms with Gasteiger partial charge < -0.3 is 10.6 Å². The zero-order chi connectivity index (χ0) is 7.56. The van der Waals surface area contributed by atoms with Gasteiger partial charge in [0, 0.05) is 0 Å². The lowest BCUT2D eigenvalue weighted by molar-refractivity contribution is -0.127. The maximum atomic E-state index is 10.8. The van der Waals surface area contributed by atoms with Crippen LogP contribution in [0.1, 0.15) is 6.92 Å². The second kappa shape index (κ2) is 2.51. The number of hydrogen-bond donors (Lipinski definition) is 2. The monoisotopic (exact) mass is 140 g/mol. The Morgan fingerprint density at radius 3 is 2.70 bits per heavy atom. The molecule has 1 rings (SSSR count). The molecule has 0 aromatic carbocycles. The third kappa shape index (κ3) is 1.15. The van der Waals surface area contributed by atoms with E-state index in [1.54, 1.807) is 13.0 Å². The summed E-state index contributed by atoms with van der Waals surface area (Å²) < 4.78 is 0. The summed E-state index contributed by atoms with van der Waals surface area (Å²) >= 11 is 0. The Kier molecular flexibility index (Phi) is 1.71. The fourth-order valence-electron chi connectivity index (χ4n) is 0.710. The maximum absolute atomic E-state index is 10.8. The molecule has 0 atom stereocenters. The van der Waals surface area contributed by atoms with E-state index in [2.05, 4.69) is 10.6 Å². The van der Waals surface area contributed by atoms with Gasteiger partial charge in [-0.25, -0.2) is 0 Å². The Bertz CT molecular complexity index is 208. The van der Waals surface area contributed by atoms with Gasteiger partial charge >= 0.3 is 0 Å². The van der Waals surface area contributed by atoms with Crippen LogP contribution in [0.25, 0.3) is 0 Å². The van der Waals surface area contributed by atoms with Gasteiger partial charge in [-0.3, -0.25) is 9.59 Å². The van der Waals surface area contributed by atoms with Gasteiger partial charge in [-0.2, -0.15) is 0 Å². The van der Waals surface area contributed by atoms with Gasteiger partial charge in [0.15, 0.2) is 0 Å². The maximum Gasteiger partial charge on any atom is 0.267 e. The molecule has 2 amide bonds. The Balaban J connectivity index is 2.72. The van der Waals surface area contributed by atoms with Gasteiger partial charge in [-0.05, 0) is 6.92 Å². The van der Waals surface area contributed by atoms with E-state index in [0.29, 0.717) is 5.70 Å². The van der Waals surface area contributed by atoms with Crippen molar-refractivity contribution in [1.82, 2.24) is 10.6 Å². The van der Waals surface area contributed by atoms with E-state index >= 15 is 0 Å². The summed E-state index contributed by atoms with van der Waals surface area (Å²) in [6.07, 6.45) is 1.56. The van der Waals surface area contributed by atoms with Gasteiger partial charge in [-0.15, -0.1) is 0 Å². The molecule has 4 heteroatoms. The fourth-order valence-corrected chi connectivity index (χ4v) is 0.710. The zero-order valence-electron chi connectivity index (χ0n) is 5.60. The molecular weight excluding hydrogens is 132 g/mol. The first-order chi connectivity index (χ1) is 4.74. The molecule has 1 saturated heterocycles. The van der Waals surface area contributed by atoms with Crippen LogP contribution in [0.4, 0.5) is 0 Å². The summed E-state index contributed by atoms with van der Waals surface area (Å²) in [5.41, 5.74) is 0.330. The number of hydrogen-bond acceptors (Lipinski definition) is 2. The smallest absolute Gasteiger partial charge is 0.267 e. The van der Waals surface area contributed by atoms with Crippen molar-refractivity contribution in [2.45, 2.75) is 6.92 Å². The highest BCUT2D eigenvalue weighted by atomic mass is 16.2. The molecule has 0 radical (unpaired) electrons. The molecule has 1 aliphatic rings. The lowest BCUT2D eigenvalue weighted by atomic mass is 10.3. The van der Waals surface area contributed by atoms with Crippen LogP contribution in [-0.4, -0.2) is 18.4 Å². The SMILES string of the molecule is C/C=C1\NC(=O)CNC1=O. The van der Waals surface area contributed by atoms with Crippen LogP contribution >= 0.6 is 0 Å². The minimum atomic E-state index is -0.220. The molecular formula is C6H8N2O2. The van der Waals surface area contributed by atoms with Crippen molar-refractivity contribution in [2.24, 2.45) is 0 Å². The quantitative estimate of drug-likeness (QED) is 0.430. The van der Waals surface area contributed by atoms with Gasteiger partial charge in [0.25, 0.3) is 5.91 Å². The first-order valence-electron chi connectivity index (χ1n) is 2.98. The third-order valence-corrected chi connectivity index (χ3v) is 1.22. The van der Waals surface area contributed by atoms with Crippen molar-refractivity contribution < 1.29 is 9.59 Å². The van der Waals surface area contributed by atoms with Gasteiger partial charge in [0.2, 0.25) is 5.91 Å². The molecule has 0 unspecified atom stereocenters. The number of rotatable bonds is 0. The molecule has 1 heterocycles. The standard InChI is InChI=1S/C6H8N2O2/c1-2-4-6(10)7-3-5(9)8-4/h2H,3H2,1H3,(H,7,10)(H,8,9)/b4-2-. The van der Waals surface area contributed by atoms with E-state index in [0.717, 1.165) is 0 Å². The number of piperazine rings is 1. The van der Waals surface area contributed by atoms with Crippen molar-refractivity contribution in [3.8, 4) is 0 Å². The highest BCUT2D eigenvalue weighted by Gasteiger charge is 2.17. The number of carbonyl (C=O) groups excluding carboxylic acids is 2. The summed E-state index contributed by atoms with van der Waals surface area (Å²) in [6.45, 7) is 1.77. The lowest BCUT2D eigenvalue weighted by Gasteiger charge is -2.14. The largest absolute Gasteiger partial charge is 0.342 e. The summed E-state index contributed by atoms with van der Waals surface area (Å²) in [5.74, 6) is -0.394. The van der Waals surface area contributed by atoms with E-state index in [9.17, 15) is 9.59 Å². The van der Waals surface area contributed by atoms with Crippen LogP contribution in [0.3, 0.4) is 0 Å². The summed E-state index contributed by atoms with van der Waals surface area (Å²) in [4.78, 5) is 21.4. The number of amides is 2. The fraction of sp³-hybridized carbons (Fsp3) is 0.333. The van der Waals surface area contributed by atoms with Gasteiger partial charge in [-0.1, -0.05) is 6.08 Å². The average molecular weight is 140 g/mol. The Morgan fingerprint density at radius 1 is 1.50 bits per heavy atom. The molecule has 2 N–H and O–H groups in total. The predicted octanol–water partition coefficient (Wildman–Crippen LogP) is -0.864. The second-order valence-electron chi connectivity index (χ2n) is 1.93. The Morgan fingerprint density at radius 2 is 2.20 bits per heavy atom. The van der Waals surface area contributed by atoms with Crippen LogP contribution < -0.4 is 10.6 Å². The van der Waals surface area contributed by atoms with Crippen LogP contribution in [0, 0.1) is 0 Å². The van der Waals surface area contributed by atoms with E-state index in [1.807, 2.05) is 0 Å². The summed E-state index contributed by atoms with van der Waals surface area (Å²) in [7, 11) is 0. The molecule has 54 valence electrons. The topological polar surface area (TPSA) is 58.2 Å². The van der Waals surface area contributed by atoms with Crippen LogP contribution in [0.2, 0.25) is 0 Å². The van der Waals surface area contributed by atoms with Crippen molar-refractivity contribution in [3.05, 3.63) is 11.8 Å². The molecule has 0 spiro atoms. The molecule has 1 aliphatic heterocycles. The van der Waals surface area contributed by atoms with Crippen molar-refractivity contribution in [2.75, 3.05) is 6.54 Å². The first-order valence-corrected chi connectivity index (χ1v) is 2.98. The summed E-state index contributed by atoms with van der Waals surface area (Å²) in [6, 6.07) is 0. The second-order valence-corrected chi connectivity index (χ2v) is 1.93. The predicted molar refractivity (Wildman–Crippen MR) is 34.9 cm³/mol. The zero-order valence-corrected chi connectivity index (χ0v) is 5.60. The lowest BCUT2D eigenvalue weighted by Crippen LogP contribution is -2.46. The molecule has 10 heavy (non-hydrogen) atoms. The Hall–Kier alpha value is -1.32. The Labute approximate surface area is 58.3 Å². The van der Waals surface area contributed by atoms with Crippen molar-refractivity contribution in [3.63, 3.8) is 0 Å². The molecule has 0 aromatic heterocycles. The molecule has 1 fully saturated rings. The van der Waals surface area contributed by atoms with Crippen molar-refractivity contribution >= 4 is 11.8 Å². The normalized spacial score (nSPS) is 22.3. The number of nitrogens with one attached hydrogen (secondary N) is 2. The third-order valence-electron chi connectivity index (χ3n) is 1.22. The summed E-state index contributed by atoms with van der Waals surface area (Å²) in [5, 5.41) is 4.84. The van der Waals surface area contributed by atoms with Gasteiger partial charge in [0.05, 0.1) is 6.54 Å². The van der Waals surface area contributed by atoms with Crippen LogP contribution in [0.15, 0.2) is 11.8 Å². The minimum absolute atomic E-state index is 0.0795. The van der Waals surface area contributed by atoms with Crippen molar-refractivity contribution in [1.29, 1.82) is 0 Å².